The van der Waals surface area contributed by atoms with Crippen molar-refractivity contribution < 1.29 is 14.3 Å². The zero-order chi connectivity index (χ0) is 12.0. The van der Waals surface area contributed by atoms with Crippen molar-refractivity contribution in [2.75, 3.05) is 7.11 Å². The van der Waals surface area contributed by atoms with Crippen molar-refractivity contribution in [2.24, 2.45) is 0 Å². The molecule has 0 aliphatic heterocycles. The Morgan fingerprint density at radius 3 is 2.38 bits per heavy atom. The number of rotatable bonds is 4. The summed E-state index contributed by atoms with van der Waals surface area (Å²) in [6.45, 7) is 3.64. The van der Waals surface area contributed by atoms with Crippen molar-refractivity contribution in [3.05, 3.63) is 35.9 Å². The molecule has 0 spiro atoms. The Kier molecular flexibility index (Phi) is 4.58. The number of benzene rings is 1. The van der Waals surface area contributed by atoms with Crippen molar-refractivity contribution in [1.29, 1.82) is 0 Å². The normalized spacial score (nSPS) is 10.8. The lowest BCUT2D eigenvalue weighted by atomic mass is 10.2. The molecule has 3 heteroatoms. The van der Waals surface area contributed by atoms with Crippen LogP contribution in [0.4, 0.5) is 0 Å². The number of methoxy groups -OCH3 is 1. The van der Waals surface area contributed by atoms with Gasteiger partial charge < -0.3 is 9.47 Å². The van der Waals surface area contributed by atoms with E-state index in [9.17, 15) is 4.79 Å². The van der Waals surface area contributed by atoms with Crippen LogP contribution in [0.25, 0.3) is 6.08 Å². The van der Waals surface area contributed by atoms with Gasteiger partial charge in [0.2, 0.25) is 0 Å². The van der Waals surface area contributed by atoms with Crippen LogP contribution < -0.4 is 4.74 Å². The second-order valence-electron chi connectivity index (χ2n) is 3.59. The Bertz CT molecular complexity index is 363. The molecular formula is C13H16O3. The first kappa shape index (κ1) is 12.3. The molecular weight excluding hydrogens is 204 g/mol. The quantitative estimate of drug-likeness (QED) is 0.578. The second kappa shape index (κ2) is 5.95. The molecule has 3 nitrogen and oxygen atoms in total. The van der Waals surface area contributed by atoms with Crippen LogP contribution in [0.2, 0.25) is 0 Å². The minimum atomic E-state index is -0.328. The number of carbonyl (C=O) groups is 1. The third kappa shape index (κ3) is 4.17. The van der Waals surface area contributed by atoms with Gasteiger partial charge in [-0.15, -0.1) is 0 Å². The topological polar surface area (TPSA) is 35.5 Å². The number of hydrogen-bond donors (Lipinski definition) is 0. The molecule has 0 N–H and O–H groups in total. The maximum atomic E-state index is 11.2. The summed E-state index contributed by atoms with van der Waals surface area (Å²) in [6.07, 6.45) is 3.04. The van der Waals surface area contributed by atoms with Crippen molar-refractivity contribution in [3.8, 4) is 5.75 Å². The molecule has 0 saturated carbocycles. The largest absolute Gasteiger partial charge is 0.497 e. The predicted octanol–water partition coefficient (Wildman–Crippen LogP) is 2.66. The molecule has 0 atom stereocenters. The number of hydrogen-bond acceptors (Lipinski definition) is 3. The third-order valence-electron chi connectivity index (χ3n) is 1.88. The lowest BCUT2D eigenvalue weighted by molar-refractivity contribution is -0.141. The van der Waals surface area contributed by atoms with Gasteiger partial charge in [-0.1, -0.05) is 12.1 Å². The van der Waals surface area contributed by atoms with E-state index in [0.717, 1.165) is 11.3 Å². The van der Waals surface area contributed by atoms with Gasteiger partial charge in [0, 0.05) is 6.08 Å². The Hall–Kier alpha value is -1.77. The zero-order valence-electron chi connectivity index (χ0n) is 9.77. The molecule has 0 saturated heterocycles. The summed E-state index contributed by atoms with van der Waals surface area (Å²) in [5.74, 6) is 0.465. The average Bonchev–Trinajstić information content (AvgIpc) is 2.26. The van der Waals surface area contributed by atoms with Crippen molar-refractivity contribution >= 4 is 12.0 Å². The maximum Gasteiger partial charge on any atom is 0.331 e. The molecule has 0 unspecified atom stereocenters. The van der Waals surface area contributed by atoms with E-state index in [0.29, 0.717) is 0 Å². The van der Waals surface area contributed by atoms with Crippen LogP contribution in [0.5, 0.6) is 5.75 Å². The van der Waals surface area contributed by atoms with Gasteiger partial charge in [-0.05, 0) is 37.6 Å². The van der Waals surface area contributed by atoms with E-state index < -0.39 is 0 Å². The zero-order valence-corrected chi connectivity index (χ0v) is 9.77. The summed E-state index contributed by atoms with van der Waals surface area (Å²) in [5.41, 5.74) is 0.932. The van der Waals surface area contributed by atoms with Crippen LogP contribution in [-0.4, -0.2) is 19.2 Å². The molecule has 86 valence electrons. The molecule has 0 bridgehead atoms. The van der Waals surface area contributed by atoms with E-state index in [1.807, 2.05) is 38.1 Å². The fourth-order valence-electron chi connectivity index (χ4n) is 1.15. The van der Waals surface area contributed by atoms with Gasteiger partial charge in [-0.3, -0.25) is 0 Å². The number of esters is 1. The molecule has 0 heterocycles. The van der Waals surface area contributed by atoms with E-state index in [1.54, 1.807) is 13.2 Å². The summed E-state index contributed by atoms with van der Waals surface area (Å²) in [7, 11) is 1.62. The highest BCUT2D eigenvalue weighted by atomic mass is 16.5. The fourth-order valence-corrected chi connectivity index (χ4v) is 1.15. The smallest absolute Gasteiger partial charge is 0.331 e. The molecule has 1 aromatic rings. The Morgan fingerprint density at radius 2 is 1.88 bits per heavy atom. The van der Waals surface area contributed by atoms with Crippen molar-refractivity contribution in [1.82, 2.24) is 0 Å². The standard InChI is InChI=1S/C13H16O3/c1-10(2)16-13(14)9-6-11-4-7-12(15-3)8-5-11/h4-10H,1-3H3/b9-6+. The van der Waals surface area contributed by atoms with Crippen molar-refractivity contribution in [3.63, 3.8) is 0 Å². The van der Waals surface area contributed by atoms with Crippen LogP contribution in [0.15, 0.2) is 30.3 Å². The third-order valence-corrected chi connectivity index (χ3v) is 1.88. The first-order chi connectivity index (χ1) is 7.61. The summed E-state index contributed by atoms with van der Waals surface area (Å²) >= 11 is 0. The monoisotopic (exact) mass is 220 g/mol. The number of carbonyl (C=O) groups excluding carboxylic acids is 1. The lowest BCUT2D eigenvalue weighted by Gasteiger charge is -2.04. The van der Waals surface area contributed by atoms with Crippen LogP contribution in [0.1, 0.15) is 19.4 Å². The van der Waals surface area contributed by atoms with Crippen LogP contribution in [0, 0.1) is 0 Å². The van der Waals surface area contributed by atoms with Gasteiger partial charge >= 0.3 is 5.97 Å². The van der Waals surface area contributed by atoms with Gasteiger partial charge in [0.1, 0.15) is 5.75 Å². The molecule has 0 radical (unpaired) electrons. The maximum absolute atomic E-state index is 11.2. The SMILES string of the molecule is COc1ccc(/C=C/C(=O)OC(C)C)cc1. The van der Waals surface area contributed by atoms with Crippen molar-refractivity contribution in [2.45, 2.75) is 20.0 Å². The molecule has 0 aromatic heterocycles. The summed E-state index contributed by atoms with van der Waals surface area (Å²) in [6, 6.07) is 7.43. The number of ether oxygens (including phenoxy) is 2. The highest BCUT2D eigenvalue weighted by Crippen LogP contribution is 2.12. The van der Waals surface area contributed by atoms with Gasteiger partial charge in [0.05, 0.1) is 13.2 Å². The summed E-state index contributed by atoms with van der Waals surface area (Å²) in [4.78, 5) is 11.2. The Balaban J connectivity index is 2.58. The van der Waals surface area contributed by atoms with E-state index in [4.69, 9.17) is 9.47 Å². The predicted molar refractivity (Wildman–Crippen MR) is 63.3 cm³/mol. The molecule has 1 rings (SSSR count). The first-order valence-corrected chi connectivity index (χ1v) is 5.14. The van der Waals surface area contributed by atoms with Crippen LogP contribution in [0.3, 0.4) is 0 Å². The Morgan fingerprint density at radius 1 is 1.25 bits per heavy atom. The molecule has 0 amide bonds. The molecule has 0 fully saturated rings. The molecule has 0 aliphatic carbocycles. The molecule has 16 heavy (non-hydrogen) atoms. The lowest BCUT2D eigenvalue weighted by Crippen LogP contribution is -2.08. The van der Waals surface area contributed by atoms with E-state index in [1.165, 1.54) is 6.08 Å². The minimum Gasteiger partial charge on any atom is -0.497 e. The average molecular weight is 220 g/mol. The summed E-state index contributed by atoms with van der Waals surface area (Å²) < 4.78 is 10.00. The van der Waals surface area contributed by atoms with Gasteiger partial charge in [-0.25, -0.2) is 4.79 Å². The minimum absolute atomic E-state index is 0.0898. The van der Waals surface area contributed by atoms with Gasteiger partial charge in [0.25, 0.3) is 0 Å². The van der Waals surface area contributed by atoms with E-state index in [2.05, 4.69) is 0 Å². The molecule has 0 aliphatic rings. The summed E-state index contributed by atoms with van der Waals surface area (Å²) in [5, 5.41) is 0. The highest BCUT2D eigenvalue weighted by molar-refractivity contribution is 5.87. The molecule has 1 aromatic carbocycles. The Labute approximate surface area is 95.7 Å². The van der Waals surface area contributed by atoms with Crippen LogP contribution >= 0.6 is 0 Å². The fraction of sp³-hybridized carbons (Fsp3) is 0.308. The first-order valence-electron chi connectivity index (χ1n) is 5.14. The second-order valence-corrected chi connectivity index (χ2v) is 3.59. The van der Waals surface area contributed by atoms with Gasteiger partial charge in [0.15, 0.2) is 0 Å². The van der Waals surface area contributed by atoms with Gasteiger partial charge in [-0.2, -0.15) is 0 Å². The van der Waals surface area contributed by atoms with E-state index >= 15 is 0 Å². The highest BCUT2D eigenvalue weighted by Gasteiger charge is 1.99. The van der Waals surface area contributed by atoms with E-state index in [-0.39, 0.29) is 12.1 Å². The van der Waals surface area contributed by atoms with Crippen LogP contribution in [-0.2, 0) is 9.53 Å².